The predicted octanol–water partition coefficient (Wildman–Crippen LogP) is 1.22. The van der Waals surface area contributed by atoms with Crippen molar-refractivity contribution in [2.45, 2.75) is 120 Å². The van der Waals surface area contributed by atoms with E-state index < -0.39 is 36.0 Å². The number of piperazine rings is 1. The van der Waals surface area contributed by atoms with Crippen molar-refractivity contribution in [2.75, 3.05) is 26.2 Å². The lowest BCUT2D eigenvalue weighted by Crippen LogP contribution is -2.73. The maximum atomic E-state index is 14.3. The molecule has 8 N–H and O–H groups in total. The van der Waals surface area contributed by atoms with Gasteiger partial charge in [-0.15, -0.1) is 0 Å². The summed E-state index contributed by atoms with van der Waals surface area (Å²) in [6.45, 7) is 4.00. The van der Waals surface area contributed by atoms with Gasteiger partial charge in [0.05, 0.1) is 18.1 Å². The maximum Gasteiger partial charge on any atom is 0.246 e. The molecule has 5 rings (SSSR count). The molecule has 3 saturated heterocycles. The van der Waals surface area contributed by atoms with Crippen molar-refractivity contribution >= 4 is 29.5 Å². The lowest BCUT2D eigenvalue weighted by Gasteiger charge is -2.57. The van der Waals surface area contributed by atoms with Crippen molar-refractivity contribution in [3.63, 3.8) is 0 Å². The summed E-state index contributed by atoms with van der Waals surface area (Å²) in [4.78, 5) is 74.0. The van der Waals surface area contributed by atoms with Gasteiger partial charge >= 0.3 is 0 Å². The smallest absolute Gasteiger partial charge is 0.246 e. The number of carbonyl (C=O) groups is 5. The van der Waals surface area contributed by atoms with Gasteiger partial charge in [-0.05, 0) is 82.5 Å². The first kappa shape index (κ1) is 39.9. The van der Waals surface area contributed by atoms with Crippen LogP contribution in [0.15, 0.2) is 60.7 Å². The number of amides is 5. The molecule has 53 heavy (non-hydrogen) atoms. The van der Waals surface area contributed by atoms with E-state index in [1.54, 1.807) is 4.90 Å². The van der Waals surface area contributed by atoms with Gasteiger partial charge in [0.15, 0.2) is 0 Å². The average Bonchev–Trinajstić information content (AvgIpc) is 3.43. The van der Waals surface area contributed by atoms with Crippen molar-refractivity contribution in [1.82, 2.24) is 25.3 Å². The van der Waals surface area contributed by atoms with E-state index in [0.717, 1.165) is 36.8 Å². The molecular weight excluding hydrogens is 672 g/mol. The molecule has 0 aliphatic carbocycles. The molecule has 288 valence electrons. The summed E-state index contributed by atoms with van der Waals surface area (Å²) in [5.41, 5.74) is 19.4. The molecule has 13 nitrogen and oxygen atoms in total. The Morgan fingerprint density at radius 2 is 1.40 bits per heavy atom. The third-order valence-corrected chi connectivity index (χ3v) is 10.9. The summed E-state index contributed by atoms with van der Waals surface area (Å²) in [6, 6.07) is 14.9. The molecule has 2 aromatic rings. The first-order valence-electron chi connectivity index (χ1n) is 19.4. The van der Waals surface area contributed by atoms with Crippen molar-refractivity contribution in [2.24, 2.45) is 17.2 Å². The van der Waals surface area contributed by atoms with Crippen LogP contribution in [0.3, 0.4) is 0 Å². The fourth-order valence-electron chi connectivity index (χ4n) is 8.07. The van der Waals surface area contributed by atoms with Gasteiger partial charge in [-0.3, -0.25) is 24.0 Å². The van der Waals surface area contributed by atoms with Crippen molar-refractivity contribution in [3.05, 3.63) is 71.8 Å². The summed E-state index contributed by atoms with van der Waals surface area (Å²) in [7, 11) is 0. The first-order valence-corrected chi connectivity index (χ1v) is 19.4. The highest BCUT2D eigenvalue weighted by Crippen LogP contribution is 2.36. The SMILES string of the molecule is CC1CC(NC(=O)C(Cc2ccccc2)NC(=O)C(N)Cc2ccccc2)C(=O)N1C(CCCCN)C(=O)N1C2CC1CN(C(=O)CCCCCN)C2. The number of hydrogen-bond donors (Lipinski definition) is 5. The molecule has 13 heteroatoms. The lowest BCUT2D eigenvalue weighted by molar-refractivity contribution is -0.167. The minimum Gasteiger partial charge on any atom is -0.343 e. The number of nitrogens with two attached hydrogens (primary N) is 3. The molecule has 3 heterocycles. The molecule has 0 aromatic heterocycles. The molecule has 7 unspecified atom stereocenters. The highest BCUT2D eigenvalue weighted by molar-refractivity contribution is 5.96. The lowest BCUT2D eigenvalue weighted by atomic mass is 9.85. The van der Waals surface area contributed by atoms with E-state index in [1.165, 1.54) is 0 Å². The Labute approximate surface area is 313 Å². The highest BCUT2D eigenvalue weighted by Gasteiger charge is 2.52. The largest absolute Gasteiger partial charge is 0.343 e. The summed E-state index contributed by atoms with van der Waals surface area (Å²) in [5, 5.41) is 5.77. The molecular formula is C40H58N8O5. The Kier molecular flexibility index (Phi) is 14.4. The van der Waals surface area contributed by atoms with Gasteiger partial charge in [0.25, 0.3) is 0 Å². The molecule has 0 spiro atoms. The fourth-order valence-corrected chi connectivity index (χ4v) is 8.07. The van der Waals surface area contributed by atoms with Crippen LogP contribution in [0.25, 0.3) is 0 Å². The first-order chi connectivity index (χ1) is 25.6. The van der Waals surface area contributed by atoms with Gasteiger partial charge in [0.2, 0.25) is 29.5 Å². The minimum atomic E-state index is -0.974. The topological polar surface area (TPSA) is 197 Å². The summed E-state index contributed by atoms with van der Waals surface area (Å²) >= 11 is 0. The third-order valence-electron chi connectivity index (χ3n) is 10.9. The number of benzene rings is 2. The molecule has 3 fully saturated rings. The van der Waals surface area contributed by atoms with Gasteiger partial charge in [-0.25, -0.2) is 0 Å². The molecule has 5 amide bonds. The minimum absolute atomic E-state index is 0.0784. The van der Waals surface area contributed by atoms with Crippen LogP contribution in [0.4, 0.5) is 0 Å². The van der Waals surface area contributed by atoms with E-state index in [2.05, 4.69) is 10.6 Å². The number of nitrogens with one attached hydrogen (secondary N) is 2. The Morgan fingerprint density at radius 1 is 0.792 bits per heavy atom. The number of unbranched alkanes of at least 4 members (excludes halogenated alkanes) is 3. The predicted molar refractivity (Wildman–Crippen MR) is 203 cm³/mol. The number of likely N-dealkylation sites (tertiary alicyclic amines) is 3. The summed E-state index contributed by atoms with van der Waals surface area (Å²) in [5.74, 6) is -1.26. The standard InChI is InChI=1S/C40H58N8O5/c1-27-21-34(45-38(51)33(23-29-15-7-3-8-16-29)44-37(50)32(43)22-28-13-5-2-6-14-28)39(52)47(27)35(17-10-12-20-42)40(53)48-30-24-31(48)26-46(25-30)36(49)18-9-4-11-19-41/h2-3,5-8,13-16,27,30-35H,4,9-12,17-26,41-43H2,1H3,(H,44,50)(H,45,51). The van der Waals surface area contributed by atoms with Crippen LogP contribution in [0, 0.1) is 0 Å². The Hall–Kier alpha value is -4.33. The second kappa shape index (κ2) is 19.1. The number of carbonyl (C=O) groups excluding carboxylic acids is 5. The van der Waals surface area contributed by atoms with Crippen LogP contribution >= 0.6 is 0 Å². The van der Waals surface area contributed by atoms with Crippen LogP contribution in [0.1, 0.15) is 75.8 Å². The maximum absolute atomic E-state index is 14.3. The molecule has 2 aromatic carbocycles. The van der Waals surface area contributed by atoms with Crippen LogP contribution in [0.5, 0.6) is 0 Å². The van der Waals surface area contributed by atoms with E-state index in [4.69, 9.17) is 17.2 Å². The number of nitrogens with zero attached hydrogens (tertiary/aromatic N) is 3. The molecule has 3 aliphatic heterocycles. The van der Waals surface area contributed by atoms with E-state index in [-0.39, 0.29) is 42.3 Å². The van der Waals surface area contributed by atoms with E-state index in [9.17, 15) is 24.0 Å². The zero-order valence-corrected chi connectivity index (χ0v) is 31.0. The quantitative estimate of drug-likeness (QED) is 0.133. The monoisotopic (exact) mass is 730 g/mol. The van der Waals surface area contributed by atoms with E-state index >= 15 is 0 Å². The molecule has 7 atom stereocenters. The Morgan fingerprint density at radius 3 is 2.02 bits per heavy atom. The van der Waals surface area contributed by atoms with Gasteiger partial charge in [-0.2, -0.15) is 0 Å². The number of rotatable bonds is 19. The van der Waals surface area contributed by atoms with Crippen molar-refractivity contribution < 1.29 is 24.0 Å². The average molecular weight is 731 g/mol. The number of fused-ring (bicyclic) bond motifs is 2. The van der Waals surface area contributed by atoms with E-state index in [0.29, 0.717) is 64.7 Å². The molecule has 2 bridgehead atoms. The fraction of sp³-hybridized carbons (Fsp3) is 0.575. The normalized spacial score (nSPS) is 22.5. The number of hydrogen-bond acceptors (Lipinski definition) is 8. The van der Waals surface area contributed by atoms with Crippen molar-refractivity contribution in [1.29, 1.82) is 0 Å². The zero-order chi connectivity index (χ0) is 37.9. The highest BCUT2D eigenvalue weighted by atomic mass is 16.2. The van der Waals surface area contributed by atoms with Gasteiger partial charge in [0.1, 0.15) is 18.1 Å². The van der Waals surface area contributed by atoms with Crippen LogP contribution in [0.2, 0.25) is 0 Å². The van der Waals surface area contributed by atoms with Gasteiger partial charge in [0, 0.05) is 32.0 Å². The second-order valence-electron chi connectivity index (χ2n) is 14.9. The molecule has 3 aliphatic rings. The van der Waals surface area contributed by atoms with Crippen LogP contribution in [-0.4, -0.2) is 113 Å². The molecule has 0 radical (unpaired) electrons. The van der Waals surface area contributed by atoms with Gasteiger partial charge in [-0.1, -0.05) is 67.1 Å². The van der Waals surface area contributed by atoms with Gasteiger partial charge < -0.3 is 42.5 Å². The Balaban J connectivity index is 1.25. The second-order valence-corrected chi connectivity index (χ2v) is 14.9. The summed E-state index contributed by atoms with van der Waals surface area (Å²) < 4.78 is 0. The van der Waals surface area contributed by atoms with Crippen LogP contribution in [-0.2, 0) is 36.8 Å². The molecule has 0 saturated carbocycles. The Bertz CT molecular complexity index is 1530. The van der Waals surface area contributed by atoms with E-state index in [1.807, 2.05) is 77.4 Å². The zero-order valence-electron chi connectivity index (χ0n) is 31.0. The number of piperidine rings is 1. The third kappa shape index (κ3) is 10.2. The van der Waals surface area contributed by atoms with Crippen molar-refractivity contribution in [3.8, 4) is 0 Å². The summed E-state index contributed by atoms with van der Waals surface area (Å²) in [6.07, 6.45) is 6.64. The van der Waals surface area contributed by atoms with Crippen LogP contribution < -0.4 is 27.8 Å².